The Morgan fingerprint density at radius 2 is 1.92 bits per heavy atom. The second-order valence-corrected chi connectivity index (χ2v) is 6.49. The zero-order valence-electron chi connectivity index (χ0n) is 13.5. The molecule has 0 saturated carbocycles. The lowest BCUT2D eigenvalue weighted by atomic mass is 10.2. The number of aromatic nitrogens is 2. The summed E-state index contributed by atoms with van der Waals surface area (Å²) in [6.07, 6.45) is 0. The van der Waals surface area contributed by atoms with E-state index in [0.717, 1.165) is 4.88 Å². The van der Waals surface area contributed by atoms with Gasteiger partial charge in [-0.3, -0.25) is 9.59 Å². The molecule has 0 fully saturated rings. The number of para-hydroxylation sites is 1. The van der Waals surface area contributed by atoms with Crippen molar-refractivity contribution in [3.05, 3.63) is 80.4 Å². The number of amides is 1. The maximum absolute atomic E-state index is 12.6. The highest BCUT2D eigenvalue weighted by atomic mass is 32.1. The average molecular weight is 339 g/mol. The Morgan fingerprint density at radius 1 is 1.17 bits per heavy atom. The van der Waals surface area contributed by atoms with Gasteiger partial charge in [-0.1, -0.05) is 18.2 Å². The molecule has 2 aromatic heterocycles. The first-order valence-corrected chi connectivity index (χ1v) is 8.38. The molecule has 0 aliphatic rings. The Bertz CT molecular complexity index is 915. The molecule has 3 aromatic rings. The summed E-state index contributed by atoms with van der Waals surface area (Å²) >= 11 is 1.62. The van der Waals surface area contributed by atoms with E-state index in [-0.39, 0.29) is 17.2 Å². The third-order valence-electron chi connectivity index (χ3n) is 3.72. The molecule has 3 rings (SSSR count). The zero-order valence-corrected chi connectivity index (χ0v) is 14.3. The summed E-state index contributed by atoms with van der Waals surface area (Å²) in [5, 5.41) is 6.24. The number of benzene rings is 1. The van der Waals surface area contributed by atoms with Gasteiger partial charge in [-0.05, 0) is 42.1 Å². The fourth-order valence-electron chi connectivity index (χ4n) is 2.33. The molecule has 0 N–H and O–H groups in total. The summed E-state index contributed by atoms with van der Waals surface area (Å²) in [7, 11) is 1.74. The van der Waals surface area contributed by atoms with Gasteiger partial charge in [0, 0.05) is 18.0 Å². The van der Waals surface area contributed by atoms with Crippen LogP contribution in [0.5, 0.6) is 0 Å². The van der Waals surface area contributed by atoms with Crippen molar-refractivity contribution < 1.29 is 4.79 Å². The van der Waals surface area contributed by atoms with Gasteiger partial charge >= 0.3 is 0 Å². The van der Waals surface area contributed by atoms with Gasteiger partial charge in [0.15, 0.2) is 0 Å². The molecule has 0 bridgehead atoms. The molecule has 2 heterocycles. The lowest BCUT2D eigenvalue weighted by molar-refractivity contribution is 0.0778. The monoisotopic (exact) mass is 339 g/mol. The molecule has 0 unspecified atom stereocenters. The van der Waals surface area contributed by atoms with E-state index < -0.39 is 0 Å². The van der Waals surface area contributed by atoms with Crippen LogP contribution in [0.15, 0.2) is 58.7 Å². The number of aryl methyl sites for hydroxylation is 1. The SMILES string of the molecule is Cc1ccsc1CN(C)C(=O)c1ccc(=O)n(-c2ccccc2)n1. The second-order valence-electron chi connectivity index (χ2n) is 5.49. The van der Waals surface area contributed by atoms with Crippen LogP contribution < -0.4 is 5.56 Å². The highest BCUT2D eigenvalue weighted by Gasteiger charge is 2.16. The topological polar surface area (TPSA) is 55.2 Å². The first kappa shape index (κ1) is 16.1. The Kier molecular flexibility index (Phi) is 4.57. The average Bonchev–Trinajstić information content (AvgIpc) is 3.00. The van der Waals surface area contributed by atoms with E-state index >= 15 is 0 Å². The maximum Gasteiger partial charge on any atom is 0.274 e. The van der Waals surface area contributed by atoms with E-state index in [1.54, 1.807) is 35.4 Å². The zero-order chi connectivity index (χ0) is 17.1. The Hall–Kier alpha value is -2.73. The summed E-state index contributed by atoms with van der Waals surface area (Å²) in [5.74, 6) is -0.215. The summed E-state index contributed by atoms with van der Waals surface area (Å²) in [6, 6.07) is 13.9. The molecule has 1 aromatic carbocycles. The predicted molar refractivity (Wildman–Crippen MR) is 94.7 cm³/mol. The van der Waals surface area contributed by atoms with Crippen molar-refractivity contribution in [3.63, 3.8) is 0 Å². The fourth-order valence-corrected chi connectivity index (χ4v) is 3.29. The van der Waals surface area contributed by atoms with Crippen molar-refractivity contribution in [1.82, 2.24) is 14.7 Å². The molecule has 0 atom stereocenters. The second kappa shape index (κ2) is 6.80. The van der Waals surface area contributed by atoms with Crippen molar-refractivity contribution in [2.75, 3.05) is 7.05 Å². The highest BCUT2D eigenvalue weighted by Crippen LogP contribution is 2.18. The molecule has 0 aliphatic carbocycles. The third kappa shape index (κ3) is 3.28. The van der Waals surface area contributed by atoms with E-state index in [1.165, 1.54) is 22.4 Å². The van der Waals surface area contributed by atoms with Crippen LogP contribution in [0, 0.1) is 6.92 Å². The lowest BCUT2D eigenvalue weighted by Gasteiger charge is -2.17. The van der Waals surface area contributed by atoms with E-state index in [2.05, 4.69) is 5.10 Å². The largest absolute Gasteiger partial charge is 0.335 e. The Balaban J connectivity index is 1.88. The predicted octanol–water partition coefficient (Wildman–Crippen LogP) is 2.87. The minimum absolute atomic E-state index is 0.215. The Morgan fingerprint density at radius 3 is 2.58 bits per heavy atom. The van der Waals surface area contributed by atoms with Crippen molar-refractivity contribution in [2.24, 2.45) is 0 Å². The summed E-state index contributed by atoms with van der Waals surface area (Å²) < 4.78 is 1.25. The van der Waals surface area contributed by atoms with Crippen molar-refractivity contribution in [1.29, 1.82) is 0 Å². The maximum atomic E-state index is 12.6. The van der Waals surface area contributed by atoms with Gasteiger partial charge in [-0.25, -0.2) is 0 Å². The van der Waals surface area contributed by atoms with Gasteiger partial charge in [0.2, 0.25) is 0 Å². The van der Waals surface area contributed by atoms with Gasteiger partial charge < -0.3 is 4.90 Å². The fraction of sp³-hybridized carbons (Fsp3) is 0.167. The molecule has 24 heavy (non-hydrogen) atoms. The number of carbonyl (C=O) groups excluding carboxylic acids is 1. The smallest absolute Gasteiger partial charge is 0.274 e. The van der Waals surface area contributed by atoms with Crippen molar-refractivity contribution >= 4 is 17.2 Å². The third-order valence-corrected chi connectivity index (χ3v) is 4.72. The van der Waals surface area contributed by atoms with Crippen LogP contribution in [0.4, 0.5) is 0 Å². The van der Waals surface area contributed by atoms with Crippen LogP contribution in [0.2, 0.25) is 0 Å². The van der Waals surface area contributed by atoms with Crippen LogP contribution in [0.25, 0.3) is 5.69 Å². The summed E-state index contributed by atoms with van der Waals surface area (Å²) in [4.78, 5) is 27.4. The first-order valence-electron chi connectivity index (χ1n) is 7.50. The number of rotatable bonds is 4. The van der Waals surface area contributed by atoms with Crippen molar-refractivity contribution in [3.8, 4) is 5.69 Å². The number of hydrogen-bond donors (Lipinski definition) is 0. The van der Waals surface area contributed by atoms with Crippen molar-refractivity contribution in [2.45, 2.75) is 13.5 Å². The first-order chi connectivity index (χ1) is 11.6. The Labute approximate surface area is 143 Å². The van der Waals surface area contributed by atoms with Gasteiger partial charge in [-0.15, -0.1) is 11.3 Å². The van der Waals surface area contributed by atoms with E-state index in [1.807, 2.05) is 36.6 Å². The highest BCUT2D eigenvalue weighted by molar-refractivity contribution is 7.10. The summed E-state index contributed by atoms with van der Waals surface area (Å²) in [6.45, 7) is 2.55. The quantitative estimate of drug-likeness (QED) is 0.734. The number of nitrogens with zero attached hydrogens (tertiary/aromatic N) is 3. The van der Waals surface area contributed by atoms with Crippen LogP contribution in [-0.2, 0) is 6.54 Å². The number of hydrogen-bond acceptors (Lipinski definition) is 4. The molecule has 0 radical (unpaired) electrons. The van der Waals surface area contributed by atoms with E-state index in [0.29, 0.717) is 12.2 Å². The standard InChI is InChI=1S/C18H17N3O2S/c1-13-10-11-24-16(13)12-20(2)18(23)15-8-9-17(22)21(19-15)14-6-4-3-5-7-14/h3-11H,12H2,1-2H3. The van der Waals surface area contributed by atoms with E-state index in [9.17, 15) is 9.59 Å². The minimum atomic E-state index is -0.269. The van der Waals surface area contributed by atoms with E-state index in [4.69, 9.17) is 0 Å². The van der Waals surface area contributed by atoms with Crippen LogP contribution in [-0.4, -0.2) is 27.6 Å². The molecule has 122 valence electrons. The summed E-state index contributed by atoms with van der Waals surface area (Å²) in [5.41, 5.74) is 1.78. The number of carbonyl (C=O) groups is 1. The van der Waals surface area contributed by atoms with Gasteiger partial charge in [0.05, 0.1) is 12.2 Å². The molecular formula is C18H17N3O2S. The molecule has 0 saturated heterocycles. The van der Waals surface area contributed by atoms with Gasteiger partial charge in [0.25, 0.3) is 11.5 Å². The van der Waals surface area contributed by atoms with Crippen LogP contribution in [0.1, 0.15) is 20.9 Å². The molecule has 6 heteroatoms. The molecule has 0 spiro atoms. The van der Waals surface area contributed by atoms with Gasteiger partial charge in [-0.2, -0.15) is 9.78 Å². The number of thiophene rings is 1. The molecular weight excluding hydrogens is 322 g/mol. The van der Waals surface area contributed by atoms with Crippen LogP contribution in [0.3, 0.4) is 0 Å². The minimum Gasteiger partial charge on any atom is -0.335 e. The van der Waals surface area contributed by atoms with Crippen LogP contribution >= 0.6 is 11.3 Å². The lowest BCUT2D eigenvalue weighted by Crippen LogP contribution is -2.30. The molecule has 5 nitrogen and oxygen atoms in total. The molecule has 0 aliphatic heterocycles. The molecule has 1 amide bonds. The van der Waals surface area contributed by atoms with Gasteiger partial charge in [0.1, 0.15) is 5.69 Å². The normalized spacial score (nSPS) is 10.6.